The minimum absolute atomic E-state index is 0.753. The van der Waals surface area contributed by atoms with Crippen LogP contribution in [0.2, 0.25) is 12.1 Å². The summed E-state index contributed by atoms with van der Waals surface area (Å²) < 4.78 is 12.4. The number of rotatable bonds is 15. The van der Waals surface area contributed by atoms with Gasteiger partial charge in [-0.3, -0.25) is 0 Å². The molecule has 0 aromatic heterocycles. The zero-order valence-corrected chi connectivity index (χ0v) is 14.9. The molecule has 0 amide bonds. The van der Waals surface area contributed by atoms with E-state index in [1.54, 1.807) is 0 Å². The molecule has 0 aromatic carbocycles. The van der Waals surface area contributed by atoms with E-state index >= 15 is 0 Å². The van der Waals surface area contributed by atoms with Crippen LogP contribution in [0.15, 0.2) is 0 Å². The molecular formula is C15H36N2O2Si. The van der Waals surface area contributed by atoms with E-state index in [0.717, 1.165) is 64.2 Å². The molecule has 122 valence electrons. The van der Waals surface area contributed by atoms with Crippen LogP contribution in [0, 0.1) is 0 Å². The molecule has 0 unspecified atom stereocenters. The summed E-state index contributed by atoms with van der Waals surface area (Å²) in [5.41, 5.74) is 5.50. The molecule has 0 heterocycles. The SMILES string of the molecule is CCCCO[Si](CC)(CCNCCCN)OCCCC. The molecule has 0 aliphatic carbocycles. The molecule has 4 nitrogen and oxygen atoms in total. The second-order valence-electron chi connectivity index (χ2n) is 5.31. The number of hydrogen-bond donors (Lipinski definition) is 2. The highest BCUT2D eigenvalue weighted by atomic mass is 28.4. The van der Waals surface area contributed by atoms with Crippen LogP contribution in [0.25, 0.3) is 0 Å². The maximum Gasteiger partial charge on any atom is 0.339 e. The van der Waals surface area contributed by atoms with E-state index in [1.807, 2.05) is 0 Å². The van der Waals surface area contributed by atoms with E-state index < -0.39 is 8.56 Å². The van der Waals surface area contributed by atoms with Crippen LogP contribution >= 0.6 is 0 Å². The molecule has 3 N–H and O–H groups in total. The number of hydrogen-bond acceptors (Lipinski definition) is 4. The van der Waals surface area contributed by atoms with Crippen LogP contribution in [0.1, 0.15) is 52.9 Å². The molecule has 0 fully saturated rings. The van der Waals surface area contributed by atoms with Crippen molar-refractivity contribution in [1.29, 1.82) is 0 Å². The topological polar surface area (TPSA) is 56.5 Å². The molecule has 0 atom stereocenters. The van der Waals surface area contributed by atoms with Gasteiger partial charge in [0.05, 0.1) is 0 Å². The summed E-state index contributed by atoms with van der Waals surface area (Å²) >= 11 is 0. The Bertz CT molecular complexity index is 196. The van der Waals surface area contributed by atoms with Gasteiger partial charge in [-0.05, 0) is 44.9 Å². The average Bonchev–Trinajstić information content (AvgIpc) is 2.47. The molecule has 0 saturated carbocycles. The predicted octanol–water partition coefficient (Wildman–Crippen LogP) is 3.02. The lowest BCUT2D eigenvalue weighted by Crippen LogP contribution is -2.44. The minimum atomic E-state index is -2.00. The van der Waals surface area contributed by atoms with Crippen molar-refractivity contribution in [3.63, 3.8) is 0 Å². The molecule has 20 heavy (non-hydrogen) atoms. The number of nitrogens with one attached hydrogen (secondary N) is 1. The van der Waals surface area contributed by atoms with Crippen LogP contribution in [-0.4, -0.2) is 41.4 Å². The standard InChI is InChI=1S/C15H36N2O2Si/c1-4-7-13-18-20(6-3,19-14-8-5-2)15-12-17-11-9-10-16/h17H,4-16H2,1-3H3. The first-order valence-corrected chi connectivity index (χ1v) is 10.7. The van der Waals surface area contributed by atoms with Crippen molar-refractivity contribution >= 4 is 8.56 Å². The highest BCUT2D eigenvalue weighted by Crippen LogP contribution is 2.19. The summed E-state index contributed by atoms with van der Waals surface area (Å²) in [6.07, 6.45) is 5.66. The second-order valence-corrected chi connectivity index (χ2v) is 8.92. The lowest BCUT2D eigenvalue weighted by atomic mass is 10.4. The van der Waals surface area contributed by atoms with Gasteiger partial charge < -0.3 is 19.9 Å². The van der Waals surface area contributed by atoms with E-state index in [2.05, 4.69) is 26.1 Å². The number of unbranched alkanes of at least 4 members (excludes halogenated alkanes) is 2. The van der Waals surface area contributed by atoms with Crippen LogP contribution in [0.4, 0.5) is 0 Å². The van der Waals surface area contributed by atoms with Crippen molar-refractivity contribution in [2.75, 3.05) is 32.8 Å². The van der Waals surface area contributed by atoms with Gasteiger partial charge in [-0.1, -0.05) is 33.6 Å². The maximum atomic E-state index is 6.22. The molecule has 0 spiro atoms. The van der Waals surface area contributed by atoms with E-state index in [-0.39, 0.29) is 0 Å². The third kappa shape index (κ3) is 9.88. The highest BCUT2D eigenvalue weighted by Gasteiger charge is 2.34. The first-order chi connectivity index (χ1) is 9.74. The fourth-order valence-corrected chi connectivity index (χ4v) is 4.73. The fraction of sp³-hybridized carbons (Fsp3) is 1.00. The fourth-order valence-electron chi connectivity index (χ4n) is 2.00. The molecular weight excluding hydrogens is 268 g/mol. The summed E-state index contributed by atoms with van der Waals surface area (Å²) in [6, 6.07) is 2.08. The normalized spacial score (nSPS) is 12.0. The molecule has 0 aliphatic heterocycles. The summed E-state index contributed by atoms with van der Waals surface area (Å²) in [4.78, 5) is 0. The Hall–Kier alpha value is 0.0569. The first-order valence-electron chi connectivity index (χ1n) is 8.43. The van der Waals surface area contributed by atoms with Gasteiger partial charge >= 0.3 is 8.56 Å². The van der Waals surface area contributed by atoms with Gasteiger partial charge in [0, 0.05) is 19.3 Å². The Labute approximate surface area is 127 Å². The zero-order valence-electron chi connectivity index (χ0n) is 13.9. The predicted molar refractivity (Wildman–Crippen MR) is 89.3 cm³/mol. The van der Waals surface area contributed by atoms with Crippen molar-refractivity contribution in [3.05, 3.63) is 0 Å². The van der Waals surface area contributed by atoms with E-state index in [1.165, 1.54) is 12.8 Å². The van der Waals surface area contributed by atoms with Gasteiger partial charge in [0.15, 0.2) is 0 Å². The Morgan fingerprint density at radius 2 is 1.50 bits per heavy atom. The van der Waals surface area contributed by atoms with Crippen LogP contribution in [0.3, 0.4) is 0 Å². The van der Waals surface area contributed by atoms with Crippen molar-refractivity contribution in [3.8, 4) is 0 Å². The average molecular weight is 305 g/mol. The van der Waals surface area contributed by atoms with Crippen molar-refractivity contribution < 1.29 is 8.85 Å². The zero-order chi connectivity index (χ0) is 15.1. The van der Waals surface area contributed by atoms with E-state index in [0.29, 0.717) is 0 Å². The van der Waals surface area contributed by atoms with Crippen LogP contribution < -0.4 is 11.1 Å². The van der Waals surface area contributed by atoms with Gasteiger partial charge in [0.25, 0.3) is 0 Å². The lowest BCUT2D eigenvalue weighted by molar-refractivity contribution is 0.163. The lowest BCUT2D eigenvalue weighted by Gasteiger charge is -2.30. The monoisotopic (exact) mass is 304 g/mol. The summed E-state index contributed by atoms with van der Waals surface area (Å²) in [6.45, 7) is 11.0. The van der Waals surface area contributed by atoms with Crippen LogP contribution in [0.5, 0.6) is 0 Å². The van der Waals surface area contributed by atoms with Crippen LogP contribution in [-0.2, 0) is 8.85 Å². The summed E-state index contributed by atoms with van der Waals surface area (Å²) in [5.74, 6) is 0. The molecule has 0 aliphatic rings. The van der Waals surface area contributed by atoms with Crippen molar-refractivity contribution in [2.24, 2.45) is 5.73 Å². The van der Waals surface area contributed by atoms with Gasteiger partial charge in [-0.15, -0.1) is 0 Å². The third-order valence-electron chi connectivity index (χ3n) is 3.51. The molecule has 0 bridgehead atoms. The Morgan fingerprint density at radius 3 is 1.95 bits per heavy atom. The molecule has 0 rings (SSSR count). The first kappa shape index (κ1) is 20.1. The quantitative estimate of drug-likeness (QED) is 0.361. The molecule has 0 saturated heterocycles. The second kappa shape index (κ2) is 14.0. The number of nitrogens with two attached hydrogens (primary N) is 1. The van der Waals surface area contributed by atoms with Gasteiger partial charge in [0.1, 0.15) is 0 Å². The van der Waals surface area contributed by atoms with Gasteiger partial charge in [-0.2, -0.15) is 0 Å². The van der Waals surface area contributed by atoms with Gasteiger partial charge in [-0.25, -0.2) is 0 Å². The highest BCUT2D eigenvalue weighted by molar-refractivity contribution is 6.67. The molecule has 0 aromatic rings. The Kier molecular flexibility index (Phi) is 14.1. The smallest absolute Gasteiger partial charge is 0.339 e. The van der Waals surface area contributed by atoms with Crippen molar-refractivity contribution in [2.45, 2.75) is 65.0 Å². The maximum absolute atomic E-state index is 6.22. The summed E-state index contributed by atoms with van der Waals surface area (Å²) in [7, 11) is -2.00. The van der Waals surface area contributed by atoms with Gasteiger partial charge in [0.2, 0.25) is 0 Å². The van der Waals surface area contributed by atoms with E-state index in [9.17, 15) is 0 Å². The van der Waals surface area contributed by atoms with Crippen molar-refractivity contribution in [1.82, 2.24) is 5.32 Å². The Balaban J connectivity index is 4.17. The minimum Gasteiger partial charge on any atom is -0.394 e. The molecule has 0 radical (unpaired) electrons. The third-order valence-corrected chi connectivity index (χ3v) is 7.05. The van der Waals surface area contributed by atoms with E-state index in [4.69, 9.17) is 14.6 Å². The summed E-state index contributed by atoms with van der Waals surface area (Å²) in [5, 5.41) is 3.45. The largest absolute Gasteiger partial charge is 0.394 e. The molecule has 5 heteroatoms. The Morgan fingerprint density at radius 1 is 0.900 bits per heavy atom.